The maximum Gasteiger partial charge on any atom is 0.293 e. The van der Waals surface area contributed by atoms with Gasteiger partial charge in [0.05, 0.1) is 10.5 Å². The molecule has 0 fully saturated rings. The molecule has 0 bridgehead atoms. The molecule has 0 radical (unpaired) electrons. The number of furan rings is 1. The predicted molar refractivity (Wildman–Crippen MR) is 71.8 cm³/mol. The lowest BCUT2D eigenvalue weighted by molar-refractivity contribution is -0.383. The summed E-state index contributed by atoms with van der Waals surface area (Å²) in [5.74, 6) is 0.410. The van der Waals surface area contributed by atoms with Crippen LogP contribution in [0.3, 0.4) is 0 Å². The second-order valence-electron chi connectivity index (χ2n) is 4.43. The third kappa shape index (κ3) is 1.78. The normalized spacial score (nSPS) is 10.8. The highest BCUT2D eigenvalue weighted by Gasteiger charge is 2.20. The van der Waals surface area contributed by atoms with Crippen LogP contribution < -0.4 is 0 Å². The van der Waals surface area contributed by atoms with E-state index < -0.39 is 4.92 Å². The lowest BCUT2D eigenvalue weighted by Crippen LogP contribution is -1.98. The molecule has 0 atom stereocenters. The number of hydrogen-bond donors (Lipinski definition) is 1. The molecule has 100 valence electrons. The van der Waals surface area contributed by atoms with E-state index in [1.165, 1.54) is 18.5 Å². The maximum absolute atomic E-state index is 12.4. The quantitative estimate of drug-likeness (QED) is 0.449. The summed E-state index contributed by atoms with van der Waals surface area (Å²) >= 11 is 0. The zero-order chi connectivity index (χ0) is 14.3. The molecule has 2 heterocycles. The molecule has 6 nitrogen and oxygen atoms in total. The number of nitro groups is 1. The summed E-state index contributed by atoms with van der Waals surface area (Å²) in [6, 6.07) is 6.28. The monoisotopic (exact) mass is 270 g/mol. The molecule has 3 rings (SSSR count). The van der Waals surface area contributed by atoms with Crippen molar-refractivity contribution in [3.63, 3.8) is 0 Å². The highest BCUT2D eigenvalue weighted by atomic mass is 16.6. The molecule has 2 aromatic heterocycles. The van der Waals surface area contributed by atoms with Gasteiger partial charge in [-0.2, -0.15) is 0 Å². The van der Waals surface area contributed by atoms with Crippen LogP contribution in [-0.4, -0.2) is 15.7 Å². The zero-order valence-corrected chi connectivity index (χ0v) is 10.5. The number of aromatic nitrogens is 1. The number of aryl methyl sites for hydroxylation is 1. The predicted octanol–water partition coefficient (Wildman–Crippen LogP) is 3.21. The highest BCUT2D eigenvalue weighted by Crippen LogP contribution is 2.28. The fraction of sp³-hybridized carbons (Fsp3) is 0.0714. The third-order valence-electron chi connectivity index (χ3n) is 3.13. The molecule has 1 aromatic carbocycles. The standard InChI is InChI=1S/C14H10N2O4/c1-8-5-9(7-20-8)14(17)11-6-15-13-10(11)3-2-4-12(13)16(18)19/h2-7,15H,1H3. The van der Waals surface area contributed by atoms with Crippen LogP contribution in [0.15, 0.2) is 41.1 Å². The van der Waals surface area contributed by atoms with Gasteiger partial charge in [-0.25, -0.2) is 0 Å². The number of fused-ring (bicyclic) bond motifs is 1. The Hall–Kier alpha value is -2.89. The first-order valence-electron chi connectivity index (χ1n) is 5.92. The summed E-state index contributed by atoms with van der Waals surface area (Å²) in [7, 11) is 0. The van der Waals surface area contributed by atoms with E-state index in [-0.39, 0.29) is 11.5 Å². The van der Waals surface area contributed by atoms with Crippen molar-refractivity contribution in [1.29, 1.82) is 0 Å². The third-order valence-corrected chi connectivity index (χ3v) is 3.13. The fourth-order valence-electron chi connectivity index (χ4n) is 2.20. The molecule has 20 heavy (non-hydrogen) atoms. The second kappa shape index (κ2) is 4.34. The van der Waals surface area contributed by atoms with E-state index in [0.29, 0.717) is 27.8 Å². The minimum absolute atomic E-state index is 0.0510. The van der Waals surface area contributed by atoms with Crippen LogP contribution in [0.2, 0.25) is 0 Å². The summed E-state index contributed by atoms with van der Waals surface area (Å²) in [6.07, 6.45) is 2.87. The van der Waals surface area contributed by atoms with Crippen LogP contribution in [0.4, 0.5) is 5.69 Å². The van der Waals surface area contributed by atoms with Gasteiger partial charge in [0.1, 0.15) is 17.5 Å². The van der Waals surface area contributed by atoms with Gasteiger partial charge in [-0.3, -0.25) is 14.9 Å². The molecular weight excluding hydrogens is 260 g/mol. The molecule has 3 aromatic rings. The Bertz CT molecular complexity index is 829. The molecular formula is C14H10N2O4. The van der Waals surface area contributed by atoms with Crippen molar-refractivity contribution in [2.24, 2.45) is 0 Å². The van der Waals surface area contributed by atoms with Crippen LogP contribution >= 0.6 is 0 Å². The summed E-state index contributed by atoms with van der Waals surface area (Å²) < 4.78 is 5.12. The van der Waals surface area contributed by atoms with Gasteiger partial charge in [-0.15, -0.1) is 0 Å². The van der Waals surface area contributed by atoms with Crippen LogP contribution in [0.5, 0.6) is 0 Å². The van der Waals surface area contributed by atoms with E-state index in [1.807, 2.05) is 0 Å². The summed E-state index contributed by atoms with van der Waals surface area (Å²) in [6.45, 7) is 1.75. The zero-order valence-electron chi connectivity index (χ0n) is 10.5. The number of carbonyl (C=O) groups is 1. The number of hydrogen-bond acceptors (Lipinski definition) is 4. The number of H-pyrrole nitrogens is 1. The van der Waals surface area contributed by atoms with Crippen LogP contribution in [0.1, 0.15) is 21.7 Å². The average Bonchev–Trinajstić information content (AvgIpc) is 3.03. The van der Waals surface area contributed by atoms with Crippen molar-refractivity contribution in [1.82, 2.24) is 4.98 Å². The molecule has 0 spiro atoms. The largest absolute Gasteiger partial charge is 0.469 e. The first-order chi connectivity index (χ1) is 9.58. The van der Waals surface area contributed by atoms with E-state index in [2.05, 4.69) is 4.98 Å². The first kappa shape index (κ1) is 12.2. The van der Waals surface area contributed by atoms with Gasteiger partial charge in [-0.1, -0.05) is 12.1 Å². The number of carbonyl (C=O) groups excluding carboxylic acids is 1. The van der Waals surface area contributed by atoms with Crippen molar-refractivity contribution in [3.8, 4) is 0 Å². The Morgan fingerprint density at radius 1 is 1.40 bits per heavy atom. The first-order valence-corrected chi connectivity index (χ1v) is 5.92. The summed E-state index contributed by atoms with van der Waals surface area (Å²) in [5, 5.41) is 11.5. The van der Waals surface area contributed by atoms with Gasteiger partial charge < -0.3 is 9.40 Å². The van der Waals surface area contributed by atoms with Crippen molar-refractivity contribution < 1.29 is 14.1 Å². The Kier molecular flexibility index (Phi) is 2.64. The lowest BCUT2D eigenvalue weighted by Gasteiger charge is -1.96. The molecule has 0 aliphatic heterocycles. The maximum atomic E-state index is 12.4. The van der Waals surface area contributed by atoms with Gasteiger partial charge in [-0.05, 0) is 13.0 Å². The molecule has 1 N–H and O–H groups in total. The van der Waals surface area contributed by atoms with Crippen molar-refractivity contribution >= 4 is 22.4 Å². The van der Waals surface area contributed by atoms with E-state index in [0.717, 1.165) is 0 Å². The van der Waals surface area contributed by atoms with Crippen LogP contribution in [0, 0.1) is 17.0 Å². The second-order valence-corrected chi connectivity index (χ2v) is 4.43. The topological polar surface area (TPSA) is 89.1 Å². The molecule has 6 heteroatoms. The number of nitrogens with zero attached hydrogens (tertiary/aromatic N) is 1. The minimum Gasteiger partial charge on any atom is -0.469 e. The number of benzene rings is 1. The molecule has 0 amide bonds. The van der Waals surface area contributed by atoms with E-state index in [9.17, 15) is 14.9 Å². The molecule has 0 saturated carbocycles. The van der Waals surface area contributed by atoms with Gasteiger partial charge in [0.25, 0.3) is 5.69 Å². The Morgan fingerprint density at radius 3 is 2.85 bits per heavy atom. The Balaban J connectivity index is 2.16. The minimum atomic E-state index is -0.477. The van der Waals surface area contributed by atoms with E-state index >= 15 is 0 Å². The molecule has 0 aliphatic rings. The van der Waals surface area contributed by atoms with Crippen molar-refractivity contribution in [2.75, 3.05) is 0 Å². The lowest BCUT2D eigenvalue weighted by atomic mass is 10.0. The fourth-order valence-corrected chi connectivity index (χ4v) is 2.20. The summed E-state index contributed by atoms with van der Waals surface area (Å²) in [4.78, 5) is 25.6. The van der Waals surface area contributed by atoms with Crippen LogP contribution in [-0.2, 0) is 0 Å². The number of nitrogens with one attached hydrogen (secondary N) is 1. The Labute approximate surface area is 113 Å². The Morgan fingerprint density at radius 2 is 2.20 bits per heavy atom. The number of ketones is 1. The van der Waals surface area contributed by atoms with Crippen molar-refractivity contribution in [2.45, 2.75) is 6.92 Å². The van der Waals surface area contributed by atoms with Gasteiger partial charge >= 0.3 is 0 Å². The number of non-ortho nitro benzene ring substituents is 1. The highest BCUT2D eigenvalue weighted by molar-refractivity contribution is 6.17. The number of aromatic amines is 1. The van der Waals surface area contributed by atoms with Gasteiger partial charge in [0, 0.05) is 23.2 Å². The smallest absolute Gasteiger partial charge is 0.293 e. The van der Waals surface area contributed by atoms with Crippen LogP contribution in [0.25, 0.3) is 10.9 Å². The SMILES string of the molecule is Cc1cc(C(=O)c2c[nH]c3c([N+](=O)[O-])cccc23)co1. The van der Waals surface area contributed by atoms with E-state index in [4.69, 9.17) is 4.42 Å². The number of nitro benzene ring substituents is 1. The van der Waals surface area contributed by atoms with Gasteiger partial charge in [0.2, 0.25) is 0 Å². The van der Waals surface area contributed by atoms with E-state index in [1.54, 1.807) is 25.1 Å². The van der Waals surface area contributed by atoms with Gasteiger partial charge in [0.15, 0.2) is 5.78 Å². The molecule has 0 unspecified atom stereocenters. The van der Waals surface area contributed by atoms with Crippen molar-refractivity contribution in [3.05, 3.63) is 63.7 Å². The summed E-state index contributed by atoms with van der Waals surface area (Å²) in [5.41, 5.74) is 1.12. The number of para-hydroxylation sites is 1. The molecule has 0 saturated heterocycles. The number of rotatable bonds is 3. The molecule has 0 aliphatic carbocycles. The average molecular weight is 270 g/mol.